The number of alkyl halides is 3. The Morgan fingerprint density at radius 1 is 1.11 bits per heavy atom. The van der Waals surface area contributed by atoms with Crippen LogP contribution in [-0.4, -0.2) is 28.8 Å². The smallest absolute Gasteiger partial charge is 0.404 e. The second-order valence-corrected chi connectivity index (χ2v) is 6.27. The molecule has 27 heavy (non-hydrogen) atoms. The van der Waals surface area contributed by atoms with Crippen molar-refractivity contribution in [1.82, 2.24) is 9.88 Å². The van der Waals surface area contributed by atoms with Crippen LogP contribution in [0, 0.1) is 0 Å². The Labute approximate surface area is 152 Å². The van der Waals surface area contributed by atoms with Gasteiger partial charge in [-0.3, -0.25) is 0 Å². The Morgan fingerprint density at radius 3 is 2.67 bits per heavy atom. The normalized spacial score (nSPS) is 14.1. The number of aromatic nitrogens is 1. The van der Waals surface area contributed by atoms with Crippen molar-refractivity contribution in [3.05, 3.63) is 59.8 Å². The molecule has 2 aromatic carbocycles. The quantitative estimate of drug-likeness (QED) is 0.685. The summed E-state index contributed by atoms with van der Waals surface area (Å²) in [7, 11) is 0. The molecule has 0 bridgehead atoms. The maximum absolute atomic E-state index is 12.6. The molecular weight excluding hydrogens is 359 g/mol. The van der Waals surface area contributed by atoms with Crippen molar-refractivity contribution < 1.29 is 22.7 Å². The minimum Gasteiger partial charge on any atom is -0.404 e. The fraction of sp³-hybridized carbons (Fsp3) is 0.211. The van der Waals surface area contributed by atoms with E-state index in [0.29, 0.717) is 19.5 Å². The van der Waals surface area contributed by atoms with Gasteiger partial charge >= 0.3 is 12.4 Å². The largest absolute Gasteiger partial charge is 0.573 e. The number of halogens is 3. The van der Waals surface area contributed by atoms with Crippen LogP contribution in [0.5, 0.6) is 5.75 Å². The van der Waals surface area contributed by atoms with Crippen LogP contribution in [0.3, 0.4) is 0 Å². The van der Waals surface area contributed by atoms with Crippen LogP contribution in [0.4, 0.5) is 23.7 Å². The van der Waals surface area contributed by atoms with Crippen molar-refractivity contribution in [2.24, 2.45) is 0 Å². The van der Waals surface area contributed by atoms with Crippen LogP contribution in [0.25, 0.3) is 10.9 Å². The molecule has 0 saturated heterocycles. The van der Waals surface area contributed by atoms with Gasteiger partial charge in [-0.05, 0) is 18.2 Å². The van der Waals surface area contributed by atoms with Crippen molar-refractivity contribution in [1.29, 1.82) is 0 Å². The van der Waals surface area contributed by atoms with E-state index in [1.165, 1.54) is 18.2 Å². The molecule has 2 N–H and O–H groups in total. The number of H-pyrrole nitrogens is 1. The lowest BCUT2D eigenvalue weighted by Crippen LogP contribution is -2.38. The molecule has 1 aliphatic rings. The van der Waals surface area contributed by atoms with E-state index in [2.05, 4.69) is 15.0 Å². The number of carbonyl (C=O) groups excluding carboxylic acids is 1. The third kappa shape index (κ3) is 3.55. The number of rotatable bonds is 2. The highest BCUT2D eigenvalue weighted by Gasteiger charge is 2.32. The predicted molar refractivity (Wildman–Crippen MR) is 94.6 cm³/mol. The van der Waals surface area contributed by atoms with Gasteiger partial charge in [0.05, 0.1) is 5.69 Å². The topological polar surface area (TPSA) is 57.4 Å². The number of urea groups is 1. The van der Waals surface area contributed by atoms with Crippen LogP contribution in [0.1, 0.15) is 11.3 Å². The number of nitrogens with zero attached hydrogens (tertiary/aromatic N) is 1. The molecular formula is C19H16F3N3O2. The summed E-state index contributed by atoms with van der Waals surface area (Å²) in [6.07, 6.45) is -4.18. The Balaban J connectivity index is 1.53. The molecule has 140 valence electrons. The number of fused-ring (bicyclic) bond motifs is 3. The average molecular weight is 375 g/mol. The Bertz CT molecular complexity index is 997. The zero-order chi connectivity index (χ0) is 19.0. The van der Waals surface area contributed by atoms with Gasteiger partial charge in [0.25, 0.3) is 0 Å². The maximum atomic E-state index is 12.6. The van der Waals surface area contributed by atoms with E-state index < -0.39 is 18.1 Å². The number of hydrogen-bond acceptors (Lipinski definition) is 2. The van der Waals surface area contributed by atoms with Crippen LogP contribution in [-0.2, 0) is 13.0 Å². The molecule has 5 nitrogen and oxygen atoms in total. The van der Waals surface area contributed by atoms with Gasteiger partial charge in [-0.15, -0.1) is 13.2 Å². The second kappa shape index (κ2) is 6.53. The zero-order valence-corrected chi connectivity index (χ0v) is 14.1. The van der Waals surface area contributed by atoms with Crippen molar-refractivity contribution in [2.45, 2.75) is 19.3 Å². The summed E-state index contributed by atoms with van der Waals surface area (Å²) in [5, 5.41) is 3.57. The molecule has 0 radical (unpaired) electrons. The van der Waals surface area contributed by atoms with Gasteiger partial charge in [0.2, 0.25) is 0 Å². The third-order valence-electron chi connectivity index (χ3n) is 4.52. The summed E-state index contributed by atoms with van der Waals surface area (Å²) in [6.45, 7) is 0.849. The Kier molecular flexibility index (Phi) is 4.18. The number of anilines is 1. The van der Waals surface area contributed by atoms with Gasteiger partial charge in [0, 0.05) is 41.7 Å². The van der Waals surface area contributed by atoms with E-state index >= 15 is 0 Å². The van der Waals surface area contributed by atoms with E-state index in [4.69, 9.17) is 0 Å². The number of carbonyl (C=O) groups is 1. The number of amides is 2. The first-order valence-electron chi connectivity index (χ1n) is 8.40. The molecule has 0 saturated carbocycles. The summed E-state index contributed by atoms with van der Waals surface area (Å²) in [4.78, 5) is 17.6. The number of nitrogens with one attached hydrogen (secondary N) is 2. The number of hydrogen-bond donors (Lipinski definition) is 2. The van der Waals surface area contributed by atoms with E-state index in [-0.39, 0.29) is 5.69 Å². The average Bonchev–Trinajstić information content (AvgIpc) is 3.00. The SMILES string of the molecule is O=C(Nc1ccccc1OC(F)(F)F)N1CCc2[nH]c3ccccc3c2C1. The van der Waals surface area contributed by atoms with Gasteiger partial charge in [-0.25, -0.2) is 4.79 Å². The monoisotopic (exact) mass is 375 g/mol. The molecule has 0 aliphatic carbocycles. The van der Waals surface area contributed by atoms with E-state index in [1.54, 1.807) is 4.90 Å². The molecule has 4 rings (SSSR count). The van der Waals surface area contributed by atoms with E-state index in [9.17, 15) is 18.0 Å². The third-order valence-corrected chi connectivity index (χ3v) is 4.52. The first kappa shape index (κ1) is 17.3. The molecule has 0 spiro atoms. The van der Waals surface area contributed by atoms with Crippen molar-refractivity contribution in [2.75, 3.05) is 11.9 Å². The standard InChI is InChI=1S/C19H16F3N3O2/c20-19(21,22)27-17-8-4-3-7-16(17)24-18(26)25-10-9-15-13(11-25)12-5-1-2-6-14(12)23-15/h1-8,23H,9-11H2,(H,24,26). The minimum atomic E-state index is -4.83. The Hall–Kier alpha value is -3.16. The number of benzene rings is 2. The molecule has 1 aliphatic heterocycles. The molecule has 2 heterocycles. The lowest BCUT2D eigenvalue weighted by molar-refractivity contribution is -0.274. The first-order valence-corrected chi connectivity index (χ1v) is 8.40. The van der Waals surface area contributed by atoms with Crippen LogP contribution in [0.15, 0.2) is 48.5 Å². The zero-order valence-electron chi connectivity index (χ0n) is 14.1. The van der Waals surface area contributed by atoms with Crippen molar-refractivity contribution in [3.63, 3.8) is 0 Å². The van der Waals surface area contributed by atoms with Crippen LogP contribution in [0.2, 0.25) is 0 Å². The Morgan fingerprint density at radius 2 is 1.85 bits per heavy atom. The molecule has 3 aromatic rings. The lowest BCUT2D eigenvalue weighted by atomic mass is 10.0. The molecule has 0 fully saturated rings. The fourth-order valence-corrected chi connectivity index (χ4v) is 3.32. The van der Waals surface area contributed by atoms with E-state index in [0.717, 1.165) is 28.2 Å². The van der Waals surface area contributed by atoms with Gasteiger partial charge in [0.1, 0.15) is 0 Å². The fourth-order valence-electron chi connectivity index (χ4n) is 3.32. The van der Waals surface area contributed by atoms with E-state index in [1.807, 2.05) is 24.3 Å². The first-order chi connectivity index (χ1) is 12.9. The molecule has 0 unspecified atom stereocenters. The molecule has 0 atom stereocenters. The lowest BCUT2D eigenvalue weighted by Gasteiger charge is -2.27. The predicted octanol–water partition coefficient (Wildman–Crippen LogP) is 4.66. The van der Waals surface area contributed by atoms with Crippen LogP contribution < -0.4 is 10.1 Å². The summed E-state index contributed by atoms with van der Waals surface area (Å²) >= 11 is 0. The van der Waals surface area contributed by atoms with Crippen molar-refractivity contribution >= 4 is 22.6 Å². The highest BCUT2D eigenvalue weighted by Crippen LogP contribution is 2.31. The van der Waals surface area contributed by atoms with Gasteiger partial charge in [-0.1, -0.05) is 30.3 Å². The second-order valence-electron chi connectivity index (χ2n) is 6.27. The van der Waals surface area contributed by atoms with Gasteiger partial charge in [0.15, 0.2) is 5.75 Å². The highest BCUT2D eigenvalue weighted by atomic mass is 19.4. The summed E-state index contributed by atoms with van der Waals surface area (Å²) < 4.78 is 41.6. The summed E-state index contributed by atoms with van der Waals surface area (Å²) in [5.74, 6) is -0.442. The van der Waals surface area contributed by atoms with Crippen LogP contribution >= 0.6 is 0 Å². The molecule has 1 aromatic heterocycles. The molecule has 8 heteroatoms. The number of ether oxygens (including phenoxy) is 1. The number of para-hydroxylation sites is 3. The minimum absolute atomic E-state index is 0.0236. The number of aromatic amines is 1. The van der Waals surface area contributed by atoms with Gasteiger partial charge in [-0.2, -0.15) is 0 Å². The van der Waals surface area contributed by atoms with Gasteiger partial charge < -0.3 is 19.9 Å². The summed E-state index contributed by atoms with van der Waals surface area (Å²) in [5.41, 5.74) is 3.10. The molecule has 2 amide bonds. The maximum Gasteiger partial charge on any atom is 0.573 e. The summed E-state index contributed by atoms with van der Waals surface area (Å²) in [6, 6.07) is 12.8. The highest BCUT2D eigenvalue weighted by molar-refractivity contribution is 5.92. The van der Waals surface area contributed by atoms with Crippen molar-refractivity contribution in [3.8, 4) is 5.75 Å².